The van der Waals surface area contributed by atoms with Crippen molar-refractivity contribution in [3.05, 3.63) is 42.0 Å². The number of H-pyrrole nitrogens is 1. The molecule has 1 aromatic carbocycles. The number of fused-ring (bicyclic) bond motifs is 1. The molecule has 0 saturated carbocycles. The van der Waals surface area contributed by atoms with E-state index in [-0.39, 0.29) is 0 Å². The summed E-state index contributed by atoms with van der Waals surface area (Å²) >= 11 is 0. The molecule has 19 heavy (non-hydrogen) atoms. The van der Waals surface area contributed by atoms with Crippen molar-refractivity contribution in [2.75, 3.05) is 12.3 Å². The van der Waals surface area contributed by atoms with E-state index in [2.05, 4.69) is 21.0 Å². The van der Waals surface area contributed by atoms with Crippen LogP contribution in [-0.2, 0) is 6.42 Å². The lowest BCUT2D eigenvalue weighted by Crippen LogP contribution is -2.04. The van der Waals surface area contributed by atoms with Gasteiger partial charge in [-0.15, -0.1) is 0 Å². The molecule has 5 N–H and O–H groups in total. The molecule has 5 heteroatoms. The summed E-state index contributed by atoms with van der Waals surface area (Å²) in [5, 5.41) is 0. The number of aromatic nitrogens is 3. The lowest BCUT2D eigenvalue weighted by molar-refractivity contribution is 0.968. The minimum Gasteiger partial charge on any atom is -0.384 e. The second-order valence-corrected chi connectivity index (χ2v) is 4.39. The van der Waals surface area contributed by atoms with Crippen LogP contribution in [0.15, 0.2) is 36.4 Å². The third kappa shape index (κ3) is 2.15. The number of aromatic amines is 1. The average molecular weight is 253 g/mol. The quantitative estimate of drug-likeness (QED) is 0.662. The third-order valence-electron chi connectivity index (χ3n) is 3.05. The smallest absolute Gasteiger partial charge is 0.180 e. The molecule has 3 rings (SSSR count). The number of anilines is 1. The molecule has 0 aliphatic carbocycles. The van der Waals surface area contributed by atoms with Crippen molar-refractivity contribution in [2.45, 2.75) is 6.42 Å². The van der Waals surface area contributed by atoms with Gasteiger partial charge in [0.25, 0.3) is 0 Å². The van der Waals surface area contributed by atoms with Crippen LogP contribution in [0.1, 0.15) is 5.56 Å². The van der Waals surface area contributed by atoms with E-state index in [9.17, 15) is 0 Å². The molecule has 0 bridgehead atoms. The zero-order valence-corrected chi connectivity index (χ0v) is 10.4. The van der Waals surface area contributed by atoms with E-state index in [1.807, 2.05) is 24.3 Å². The van der Waals surface area contributed by atoms with Gasteiger partial charge in [-0.1, -0.05) is 24.3 Å². The Kier molecular flexibility index (Phi) is 2.89. The van der Waals surface area contributed by atoms with Gasteiger partial charge in [-0.3, -0.25) is 0 Å². The Bertz CT molecular complexity index is 717. The maximum atomic E-state index is 5.67. The van der Waals surface area contributed by atoms with Gasteiger partial charge in [-0.05, 0) is 30.7 Å². The molecule has 3 aromatic rings. The minimum atomic E-state index is 0.473. The topological polar surface area (TPSA) is 93.6 Å². The maximum absolute atomic E-state index is 5.67. The minimum absolute atomic E-state index is 0.473. The number of imidazole rings is 1. The molecule has 5 nitrogen and oxygen atoms in total. The first-order valence-corrected chi connectivity index (χ1v) is 6.18. The van der Waals surface area contributed by atoms with E-state index in [0.717, 1.165) is 23.3 Å². The summed E-state index contributed by atoms with van der Waals surface area (Å²) in [6, 6.07) is 11.7. The van der Waals surface area contributed by atoms with E-state index >= 15 is 0 Å². The van der Waals surface area contributed by atoms with E-state index in [1.54, 1.807) is 6.07 Å². The second kappa shape index (κ2) is 4.70. The molecule has 0 spiro atoms. The summed E-state index contributed by atoms with van der Waals surface area (Å²) < 4.78 is 0. The van der Waals surface area contributed by atoms with E-state index < -0.39 is 0 Å². The normalized spacial score (nSPS) is 11.0. The van der Waals surface area contributed by atoms with Crippen molar-refractivity contribution in [2.24, 2.45) is 5.73 Å². The van der Waals surface area contributed by atoms with Crippen LogP contribution < -0.4 is 11.5 Å². The van der Waals surface area contributed by atoms with Crippen molar-refractivity contribution < 1.29 is 0 Å². The van der Waals surface area contributed by atoms with E-state index in [0.29, 0.717) is 18.0 Å². The predicted molar refractivity (Wildman–Crippen MR) is 76.5 cm³/mol. The average Bonchev–Trinajstić information content (AvgIpc) is 2.82. The summed E-state index contributed by atoms with van der Waals surface area (Å²) in [5.41, 5.74) is 15.1. The molecule has 0 amide bonds. The first-order valence-electron chi connectivity index (χ1n) is 6.18. The van der Waals surface area contributed by atoms with Crippen molar-refractivity contribution in [1.29, 1.82) is 0 Å². The molecule has 0 aliphatic rings. The van der Waals surface area contributed by atoms with Gasteiger partial charge < -0.3 is 16.5 Å². The lowest BCUT2D eigenvalue weighted by atomic mass is 10.0. The molecule has 0 saturated heterocycles. The Morgan fingerprint density at radius 1 is 1.05 bits per heavy atom. The molecule has 2 heterocycles. The van der Waals surface area contributed by atoms with Crippen LogP contribution in [0.4, 0.5) is 5.82 Å². The number of nitrogens with zero attached hydrogens (tertiary/aromatic N) is 2. The summed E-state index contributed by atoms with van der Waals surface area (Å²) in [4.78, 5) is 12.0. The number of hydrogen-bond acceptors (Lipinski definition) is 4. The molecule has 0 aliphatic heterocycles. The van der Waals surface area contributed by atoms with Gasteiger partial charge >= 0.3 is 0 Å². The standard InChI is InChI=1S/C14H15N5/c15-8-7-9-3-1-2-4-10(9)13-17-11-5-6-12(16)18-14(11)19-13/h1-6H,7-8,15H2,(H3,16,17,18,19). The highest BCUT2D eigenvalue weighted by molar-refractivity contribution is 5.78. The number of pyridine rings is 1. The fraction of sp³-hybridized carbons (Fsp3) is 0.143. The molecule has 0 radical (unpaired) electrons. The van der Waals surface area contributed by atoms with Gasteiger partial charge in [-0.2, -0.15) is 0 Å². The number of nitrogens with one attached hydrogen (secondary N) is 1. The predicted octanol–water partition coefficient (Wildman–Crippen LogP) is 1.71. The van der Waals surface area contributed by atoms with Gasteiger partial charge in [0.05, 0.1) is 5.52 Å². The lowest BCUT2D eigenvalue weighted by Gasteiger charge is -2.05. The van der Waals surface area contributed by atoms with Gasteiger partial charge in [0.2, 0.25) is 0 Å². The van der Waals surface area contributed by atoms with Crippen LogP contribution >= 0.6 is 0 Å². The SMILES string of the molecule is NCCc1ccccc1-c1nc2nc(N)ccc2[nH]1. The van der Waals surface area contributed by atoms with Gasteiger partial charge in [-0.25, -0.2) is 9.97 Å². The number of rotatable bonds is 3. The summed E-state index contributed by atoms with van der Waals surface area (Å²) in [7, 11) is 0. The summed E-state index contributed by atoms with van der Waals surface area (Å²) in [5.74, 6) is 1.28. The number of nitrogen functional groups attached to an aromatic ring is 1. The highest BCUT2D eigenvalue weighted by atomic mass is 15.0. The first kappa shape index (κ1) is 11.7. The molecule has 2 aromatic heterocycles. The van der Waals surface area contributed by atoms with E-state index in [4.69, 9.17) is 11.5 Å². The van der Waals surface area contributed by atoms with Crippen LogP contribution in [-0.4, -0.2) is 21.5 Å². The highest BCUT2D eigenvalue weighted by Crippen LogP contribution is 2.23. The Morgan fingerprint density at radius 3 is 2.74 bits per heavy atom. The number of nitrogens with two attached hydrogens (primary N) is 2. The van der Waals surface area contributed by atoms with Crippen molar-refractivity contribution in [3.8, 4) is 11.4 Å². The first-order chi connectivity index (χ1) is 9.28. The monoisotopic (exact) mass is 253 g/mol. The maximum Gasteiger partial charge on any atom is 0.180 e. The molecule has 0 unspecified atom stereocenters. The van der Waals surface area contributed by atoms with Crippen molar-refractivity contribution >= 4 is 17.0 Å². The van der Waals surface area contributed by atoms with Crippen LogP contribution in [0.5, 0.6) is 0 Å². The molecular weight excluding hydrogens is 238 g/mol. The molecule has 0 fully saturated rings. The van der Waals surface area contributed by atoms with Gasteiger partial charge in [0.15, 0.2) is 5.65 Å². The Balaban J connectivity index is 2.13. The summed E-state index contributed by atoms with van der Waals surface area (Å²) in [6.45, 7) is 0.614. The van der Waals surface area contributed by atoms with Crippen LogP contribution in [0.3, 0.4) is 0 Å². The van der Waals surface area contributed by atoms with Gasteiger partial charge in [0, 0.05) is 5.56 Å². The number of benzene rings is 1. The zero-order valence-electron chi connectivity index (χ0n) is 10.4. The highest BCUT2D eigenvalue weighted by Gasteiger charge is 2.09. The van der Waals surface area contributed by atoms with Gasteiger partial charge in [0.1, 0.15) is 11.6 Å². The Morgan fingerprint density at radius 2 is 1.89 bits per heavy atom. The molecular formula is C14H15N5. The second-order valence-electron chi connectivity index (χ2n) is 4.39. The zero-order chi connectivity index (χ0) is 13.2. The largest absolute Gasteiger partial charge is 0.384 e. The molecule has 0 atom stereocenters. The van der Waals surface area contributed by atoms with Crippen LogP contribution in [0.2, 0.25) is 0 Å². The fourth-order valence-corrected chi connectivity index (χ4v) is 2.16. The Labute approximate surface area is 110 Å². The summed E-state index contributed by atoms with van der Waals surface area (Å²) in [6.07, 6.45) is 0.822. The third-order valence-corrected chi connectivity index (χ3v) is 3.05. The van der Waals surface area contributed by atoms with E-state index in [1.165, 1.54) is 5.56 Å². The van der Waals surface area contributed by atoms with Crippen molar-refractivity contribution in [1.82, 2.24) is 15.0 Å². The van der Waals surface area contributed by atoms with Crippen LogP contribution in [0, 0.1) is 0 Å². The molecule has 96 valence electrons. The fourth-order valence-electron chi connectivity index (χ4n) is 2.16. The van der Waals surface area contributed by atoms with Crippen LogP contribution in [0.25, 0.3) is 22.6 Å². The van der Waals surface area contributed by atoms with Crippen molar-refractivity contribution in [3.63, 3.8) is 0 Å². The number of hydrogen-bond donors (Lipinski definition) is 3. The Hall–Kier alpha value is -2.40.